The molecule has 0 atom stereocenters. The number of nitrogens with zero attached hydrogens (tertiary/aromatic N) is 2. The highest BCUT2D eigenvalue weighted by atomic mass is 32.2. The van der Waals surface area contributed by atoms with Crippen LogP contribution in [0.4, 0.5) is 5.69 Å². The van der Waals surface area contributed by atoms with E-state index in [2.05, 4.69) is 27.0 Å². The summed E-state index contributed by atoms with van der Waals surface area (Å²) in [6, 6.07) is 9.76. The number of hydrogen-bond acceptors (Lipinski definition) is 5. The molecule has 1 aliphatic rings. The molecule has 0 bridgehead atoms. The van der Waals surface area contributed by atoms with Crippen molar-refractivity contribution in [1.29, 1.82) is 0 Å². The Morgan fingerprint density at radius 2 is 1.73 bits per heavy atom. The third-order valence-electron chi connectivity index (χ3n) is 5.53. The fraction of sp³-hybridized carbons (Fsp3) is 0.455. The molecule has 1 saturated carbocycles. The molecule has 2 aromatic rings. The van der Waals surface area contributed by atoms with E-state index >= 15 is 0 Å². The number of benzene rings is 1. The summed E-state index contributed by atoms with van der Waals surface area (Å²) in [4.78, 5) is 18.7. The Hall–Kier alpha value is -2.45. The maximum atomic E-state index is 12.5. The van der Waals surface area contributed by atoms with Gasteiger partial charge in [0.2, 0.25) is 0 Å². The van der Waals surface area contributed by atoms with Crippen LogP contribution in [-0.4, -0.2) is 50.4 Å². The summed E-state index contributed by atoms with van der Waals surface area (Å²) in [5.74, 6) is -0.193. The van der Waals surface area contributed by atoms with E-state index in [-0.39, 0.29) is 10.8 Å². The van der Waals surface area contributed by atoms with Crippen LogP contribution < -0.4 is 10.0 Å². The smallest absolute Gasteiger partial charge is 0.261 e. The van der Waals surface area contributed by atoms with Crippen LogP contribution in [-0.2, 0) is 10.0 Å². The fourth-order valence-electron chi connectivity index (χ4n) is 3.76. The normalized spacial score (nSPS) is 15.1. The van der Waals surface area contributed by atoms with Crippen molar-refractivity contribution in [2.75, 3.05) is 24.9 Å². The number of anilines is 1. The fourth-order valence-corrected chi connectivity index (χ4v) is 4.81. The minimum absolute atomic E-state index is 0.102. The average molecular weight is 431 g/mol. The van der Waals surface area contributed by atoms with Crippen LogP contribution in [0.5, 0.6) is 0 Å². The van der Waals surface area contributed by atoms with E-state index in [9.17, 15) is 13.2 Å². The Bertz CT molecular complexity index is 911. The second-order valence-corrected chi connectivity index (χ2v) is 9.43. The van der Waals surface area contributed by atoms with Crippen LogP contribution in [0.25, 0.3) is 0 Å². The lowest BCUT2D eigenvalue weighted by molar-refractivity contribution is 0.0950. The highest BCUT2D eigenvalue weighted by Gasteiger charge is 2.18. The molecule has 0 aliphatic heterocycles. The zero-order valence-corrected chi connectivity index (χ0v) is 18.2. The number of amides is 1. The van der Waals surface area contributed by atoms with E-state index < -0.39 is 10.0 Å². The molecule has 30 heavy (non-hydrogen) atoms. The van der Waals surface area contributed by atoms with Crippen LogP contribution in [0.1, 0.15) is 48.9 Å². The maximum Gasteiger partial charge on any atom is 0.261 e. The van der Waals surface area contributed by atoms with Crippen molar-refractivity contribution in [3.63, 3.8) is 0 Å². The molecule has 1 fully saturated rings. The minimum Gasteiger partial charge on any atom is -0.352 e. The summed E-state index contributed by atoms with van der Waals surface area (Å²) < 4.78 is 27.4. The number of nitrogens with one attached hydrogen (secondary N) is 2. The molecule has 1 aromatic heterocycles. The topological polar surface area (TPSA) is 91.4 Å². The van der Waals surface area contributed by atoms with E-state index in [0.717, 1.165) is 13.0 Å². The van der Waals surface area contributed by atoms with Crippen molar-refractivity contribution in [3.05, 3.63) is 54.4 Å². The molecular formula is C22H30N4O3S. The molecule has 0 radical (unpaired) electrons. The van der Waals surface area contributed by atoms with E-state index in [1.807, 2.05) is 0 Å². The number of carbonyl (C=O) groups excluding carboxylic acids is 1. The molecule has 162 valence electrons. The third-order valence-corrected chi connectivity index (χ3v) is 6.93. The van der Waals surface area contributed by atoms with Crippen molar-refractivity contribution in [1.82, 2.24) is 15.2 Å². The second-order valence-electron chi connectivity index (χ2n) is 7.75. The van der Waals surface area contributed by atoms with E-state index in [4.69, 9.17) is 0 Å². The van der Waals surface area contributed by atoms with Gasteiger partial charge in [-0.2, -0.15) is 0 Å². The summed E-state index contributed by atoms with van der Waals surface area (Å²) in [6.45, 7) is 1.56. The Morgan fingerprint density at radius 1 is 1.07 bits per heavy atom. The van der Waals surface area contributed by atoms with Crippen LogP contribution in [0.15, 0.2) is 53.7 Å². The molecule has 1 amide bonds. The SMILES string of the molecule is CN(CCCNC(=O)c1ccc(S(=O)(=O)Nc2ccncc2)cc1)C1CCCCC1. The Morgan fingerprint density at radius 3 is 2.40 bits per heavy atom. The van der Waals surface area contributed by atoms with Gasteiger partial charge in [-0.3, -0.25) is 14.5 Å². The number of sulfonamides is 1. The first-order valence-corrected chi connectivity index (χ1v) is 12.0. The molecule has 1 aromatic carbocycles. The van der Waals surface area contributed by atoms with E-state index in [0.29, 0.717) is 23.8 Å². The van der Waals surface area contributed by atoms with Gasteiger partial charge in [0, 0.05) is 30.5 Å². The van der Waals surface area contributed by atoms with Crippen LogP contribution >= 0.6 is 0 Å². The van der Waals surface area contributed by atoms with Crippen molar-refractivity contribution in [2.45, 2.75) is 49.5 Å². The van der Waals surface area contributed by atoms with Crippen molar-refractivity contribution in [2.24, 2.45) is 0 Å². The first-order chi connectivity index (χ1) is 14.5. The zero-order chi connectivity index (χ0) is 21.4. The summed E-state index contributed by atoms with van der Waals surface area (Å²) in [5, 5.41) is 2.92. The molecule has 1 heterocycles. The van der Waals surface area contributed by atoms with Gasteiger partial charge in [0.05, 0.1) is 10.6 Å². The van der Waals surface area contributed by atoms with Gasteiger partial charge < -0.3 is 10.2 Å². The molecular weight excluding hydrogens is 400 g/mol. The van der Waals surface area contributed by atoms with Crippen molar-refractivity contribution in [3.8, 4) is 0 Å². The second kappa shape index (κ2) is 10.5. The third kappa shape index (κ3) is 6.27. The summed E-state index contributed by atoms with van der Waals surface area (Å²) >= 11 is 0. The monoisotopic (exact) mass is 430 g/mol. The van der Waals surface area contributed by atoms with Gasteiger partial charge in [0.1, 0.15) is 0 Å². The number of aromatic nitrogens is 1. The molecule has 2 N–H and O–H groups in total. The van der Waals surface area contributed by atoms with Crippen molar-refractivity contribution < 1.29 is 13.2 Å². The summed E-state index contributed by atoms with van der Waals surface area (Å²) in [5.41, 5.74) is 0.878. The number of pyridine rings is 1. The number of carbonyl (C=O) groups is 1. The zero-order valence-electron chi connectivity index (χ0n) is 17.4. The number of rotatable bonds is 9. The van der Waals surface area contributed by atoms with Gasteiger partial charge in [0.25, 0.3) is 15.9 Å². The van der Waals surface area contributed by atoms with Crippen molar-refractivity contribution >= 4 is 21.6 Å². The molecule has 1 aliphatic carbocycles. The van der Waals surface area contributed by atoms with Crippen LogP contribution in [0.2, 0.25) is 0 Å². The van der Waals surface area contributed by atoms with Gasteiger partial charge in [0.15, 0.2) is 0 Å². The maximum absolute atomic E-state index is 12.5. The van der Waals surface area contributed by atoms with Crippen LogP contribution in [0.3, 0.4) is 0 Å². The van der Waals surface area contributed by atoms with E-state index in [1.54, 1.807) is 12.1 Å². The first-order valence-electron chi connectivity index (χ1n) is 10.5. The van der Waals surface area contributed by atoms with Gasteiger partial charge >= 0.3 is 0 Å². The lowest BCUT2D eigenvalue weighted by Crippen LogP contribution is -2.35. The molecule has 0 saturated heterocycles. The quantitative estimate of drug-likeness (QED) is 0.596. The van der Waals surface area contributed by atoms with Gasteiger partial charge in [-0.15, -0.1) is 0 Å². The molecule has 8 heteroatoms. The summed E-state index contributed by atoms with van der Waals surface area (Å²) in [6.07, 6.45) is 10.4. The molecule has 0 spiro atoms. The Labute approximate surface area is 178 Å². The van der Waals surface area contributed by atoms with Crippen LogP contribution in [0, 0.1) is 0 Å². The van der Waals surface area contributed by atoms with E-state index in [1.165, 1.54) is 68.8 Å². The predicted molar refractivity (Wildman–Crippen MR) is 118 cm³/mol. The summed E-state index contributed by atoms with van der Waals surface area (Å²) in [7, 11) is -1.55. The highest BCUT2D eigenvalue weighted by Crippen LogP contribution is 2.21. The first kappa shape index (κ1) is 22.2. The number of hydrogen-bond donors (Lipinski definition) is 2. The highest BCUT2D eigenvalue weighted by molar-refractivity contribution is 7.92. The lowest BCUT2D eigenvalue weighted by Gasteiger charge is -2.31. The standard InChI is InChI=1S/C22H30N4O3S/c1-26(20-6-3-2-4-7-20)17-5-14-24-22(27)18-8-10-21(11-9-18)30(28,29)25-19-12-15-23-16-13-19/h8-13,15-16,20H,2-7,14,17H2,1H3,(H,23,25)(H,24,27). The van der Waals surface area contributed by atoms with Gasteiger partial charge in [-0.1, -0.05) is 19.3 Å². The average Bonchev–Trinajstić information content (AvgIpc) is 2.77. The Kier molecular flexibility index (Phi) is 7.81. The minimum atomic E-state index is -3.71. The largest absolute Gasteiger partial charge is 0.352 e. The Balaban J connectivity index is 1.46. The van der Waals surface area contributed by atoms with Gasteiger partial charge in [-0.25, -0.2) is 8.42 Å². The molecule has 3 rings (SSSR count). The van der Waals surface area contributed by atoms with Gasteiger partial charge in [-0.05, 0) is 69.3 Å². The predicted octanol–water partition coefficient (Wildman–Crippen LogP) is 3.27. The lowest BCUT2D eigenvalue weighted by atomic mass is 9.94. The molecule has 7 nitrogen and oxygen atoms in total. The molecule has 0 unspecified atom stereocenters.